The quantitative estimate of drug-likeness (QED) is 0.495. The minimum Gasteiger partial charge on any atom is 0 e. The molecule has 4 heteroatoms. The van der Waals surface area contributed by atoms with E-state index in [1.54, 1.807) is 0 Å². The Morgan fingerprint density at radius 3 is 1.00 bits per heavy atom. The van der Waals surface area contributed by atoms with E-state index in [9.17, 15) is 0 Å². The monoisotopic (exact) mass is 227 g/mol. The van der Waals surface area contributed by atoms with Gasteiger partial charge in [-0.25, -0.2) is 0 Å². The maximum Gasteiger partial charge on any atom is 0 e. The van der Waals surface area contributed by atoms with Crippen LogP contribution in [0.2, 0.25) is 0 Å². The Morgan fingerprint density at radius 2 is 1.00 bits per heavy atom. The van der Waals surface area contributed by atoms with Crippen LogP contribution in [-0.4, -0.2) is 8.41 Å². The molecule has 0 rings (SSSR count). The third kappa shape index (κ3) is 9.26. The van der Waals surface area contributed by atoms with E-state index in [-0.39, 0.29) is 62.7 Å². The van der Waals surface area contributed by atoms with Gasteiger partial charge in [-0.1, -0.05) is 0 Å². The van der Waals surface area contributed by atoms with Crippen LogP contribution in [0.3, 0.4) is 0 Å². The molecule has 0 atom stereocenters. The van der Waals surface area contributed by atoms with Gasteiger partial charge in [0.1, 0.15) is 0 Å². The zero-order valence-electron chi connectivity index (χ0n) is 1.62. The van der Waals surface area contributed by atoms with E-state index in [0.717, 1.165) is 0 Å². The van der Waals surface area contributed by atoms with Crippen molar-refractivity contribution >= 4 is 8.41 Å². The summed E-state index contributed by atoms with van der Waals surface area (Å²) >= 11 is 0. The zero-order valence-corrected chi connectivity index (χ0v) is 5.44. The van der Waals surface area contributed by atoms with Crippen LogP contribution in [0, 0.1) is 0 Å². The van der Waals surface area contributed by atoms with Crippen molar-refractivity contribution in [3.63, 3.8) is 0 Å². The average molecular weight is 228 g/mol. The Bertz CT molecular complexity index is 8.00. The van der Waals surface area contributed by atoms with E-state index in [4.69, 9.17) is 0 Å². The molecule has 0 fully saturated rings. The third-order valence-corrected chi connectivity index (χ3v) is 0. The largest absolute Gasteiger partial charge is 0 e. The molecule has 29 valence electrons. The maximum absolute atomic E-state index is 0. The van der Waals surface area contributed by atoms with Crippen molar-refractivity contribution in [3.8, 4) is 0 Å². The summed E-state index contributed by atoms with van der Waals surface area (Å²) in [5, 5.41) is 0. The molecule has 0 aromatic heterocycles. The Hall–Kier alpha value is 1.75. The van der Waals surface area contributed by atoms with E-state index in [2.05, 4.69) is 0 Å². The molecule has 0 aromatic carbocycles. The molecule has 3 radical (unpaired) electrons. The second-order valence-corrected chi connectivity index (χ2v) is 0. The molecule has 0 heterocycles. The van der Waals surface area contributed by atoms with Gasteiger partial charge < -0.3 is 0 Å². The van der Waals surface area contributed by atoms with E-state index >= 15 is 0 Å². The van der Waals surface area contributed by atoms with Gasteiger partial charge >= 0.3 is 0 Å². The predicted octanol–water partition coefficient (Wildman–Crippen LogP) is -0.388. The molecule has 0 unspecified atom stereocenters. The fourth-order valence-corrected chi connectivity index (χ4v) is 0. The van der Waals surface area contributed by atoms with Crippen molar-refractivity contribution in [1.82, 2.24) is 0 Å². The van der Waals surface area contributed by atoms with Crippen LogP contribution in [0.4, 0.5) is 0 Å². The second-order valence-electron chi connectivity index (χ2n) is 0. The number of hydrogen-bond donors (Lipinski definition) is 0. The van der Waals surface area contributed by atoms with Gasteiger partial charge in [-0.15, -0.1) is 0 Å². The Kier molecular flexibility index (Phi) is 230. The van der Waals surface area contributed by atoms with Gasteiger partial charge in [0.2, 0.25) is 0 Å². The van der Waals surface area contributed by atoms with Crippen LogP contribution in [0.15, 0.2) is 0 Å². The van der Waals surface area contributed by atoms with Crippen molar-refractivity contribution in [3.05, 3.63) is 0 Å². The predicted molar refractivity (Wildman–Crippen MR) is 5.75 cm³/mol. The van der Waals surface area contributed by atoms with Crippen molar-refractivity contribution < 1.29 is 54.3 Å². The minimum atomic E-state index is 0. The normalized spacial score (nSPS) is 0. The average Bonchev–Trinajstić information content (AvgIpc) is 0. The van der Waals surface area contributed by atoms with Crippen LogP contribution in [-0.2, 0) is 54.3 Å². The molecule has 0 aliphatic rings. The molecular formula is BCrNiPd. The van der Waals surface area contributed by atoms with Crippen LogP contribution in [0.1, 0.15) is 0 Å². The Morgan fingerprint density at radius 1 is 1.00 bits per heavy atom. The number of hydrogen-bond acceptors (Lipinski definition) is 0. The van der Waals surface area contributed by atoms with E-state index in [1.807, 2.05) is 0 Å². The van der Waals surface area contributed by atoms with Gasteiger partial charge in [-0.05, 0) is 0 Å². The molecule has 0 aromatic rings. The summed E-state index contributed by atoms with van der Waals surface area (Å²) in [4.78, 5) is 0. The molecular weight excluding hydrogens is 228 g/mol. The summed E-state index contributed by atoms with van der Waals surface area (Å²) in [5.41, 5.74) is 0. The standard InChI is InChI=1S/B.Cr.Ni.Pd. The van der Waals surface area contributed by atoms with E-state index in [1.165, 1.54) is 0 Å². The van der Waals surface area contributed by atoms with Crippen LogP contribution >= 0.6 is 0 Å². The summed E-state index contributed by atoms with van der Waals surface area (Å²) < 4.78 is 0. The van der Waals surface area contributed by atoms with Crippen LogP contribution in [0.5, 0.6) is 0 Å². The summed E-state index contributed by atoms with van der Waals surface area (Å²) in [6.07, 6.45) is 0. The smallest absolute Gasteiger partial charge is 0 e. The molecule has 0 amide bonds. The summed E-state index contributed by atoms with van der Waals surface area (Å²) in [7, 11) is 0. The van der Waals surface area contributed by atoms with Gasteiger partial charge in [0.05, 0.1) is 0 Å². The molecule has 0 spiro atoms. The summed E-state index contributed by atoms with van der Waals surface area (Å²) in [5.74, 6) is 0. The van der Waals surface area contributed by atoms with Crippen molar-refractivity contribution in [2.75, 3.05) is 0 Å². The molecule has 0 saturated heterocycles. The van der Waals surface area contributed by atoms with E-state index in [0.29, 0.717) is 0 Å². The zero-order chi connectivity index (χ0) is 0. The molecule has 4 heavy (non-hydrogen) atoms. The number of rotatable bonds is 0. The van der Waals surface area contributed by atoms with Crippen LogP contribution in [0.25, 0.3) is 0 Å². The molecule has 0 aliphatic heterocycles. The Labute approximate surface area is 62.4 Å². The fourth-order valence-electron chi connectivity index (χ4n) is 0. The Balaban J connectivity index is 0. The first-order valence-corrected chi connectivity index (χ1v) is 0. The molecule has 0 nitrogen and oxygen atoms in total. The van der Waals surface area contributed by atoms with Gasteiger partial charge in [0.25, 0.3) is 0 Å². The third-order valence-electron chi connectivity index (χ3n) is 0. The fraction of sp³-hybridized carbons (Fsp3) is 0. The first-order valence-electron chi connectivity index (χ1n) is 0. The van der Waals surface area contributed by atoms with Crippen molar-refractivity contribution in [2.24, 2.45) is 0 Å². The van der Waals surface area contributed by atoms with Gasteiger partial charge in [0.15, 0.2) is 0 Å². The van der Waals surface area contributed by atoms with Crippen LogP contribution < -0.4 is 0 Å². The van der Waals surface area contributed by atoms with E-state index < -0.39 is 0 Å². The topological polar surface area (TPSA) is 0 Å². The summed E-state index contributed by atoms with van der Waals surface area (Å²) in [6, 6.07) is 0. The van der Waals surface area contributed by atoms with Gasteiger partial charge in [-0.2, -0.15) is 0 Å². The molecule has 0 saturated carbocycles. The SMILES string of the molecule is [B].[Cr].[Ni].[Pd]. The van der Waals surface area contributed by atoms with Gasteiger partial charge in [-0.3, -0.25) is 0 Å². The second kappa shape index (κ2) is 21.8. The first kappa shape index (κ1) is 42.3. The van der Waals surface area contributed by atoms with Crippen molar-refractivity contribution in [2.45, 2.75) is 0 Å². The minimum absolute atomic E-state index is 0. The van der Waals surface area contributed by atoms with Crippen molar-refractivity contribution in [1.29, 1.82) is 0 Å². The molecule has 0 bridgehead atoms. The maximum atomic E-state index is 0. The summed E-state index contributed by atoms with van der Waals surface area (Å²) in [6.45, 7) is 0. The first-order chi connectivity index (χ1) is 0. The molecule has 0 N–H and O–H groups in total. The molecule has 0 aliphatic carbocycles. The van der Waals surface area contributed by atoms with Gasteiger partial charge in [0, 0.05) is 62.7 Å².